The molecule has 0 heterocycles. The molecule has 0 aliphatic heterocycles. The minimum atomic E-state index is 0.546. The summed E-state index contributed by atoms with van der Waals surface area (Å²) in [5, 5.41) is 0. The standard InChI is InChI=1S/C20H38N2/c1-5-8-11-13-15-17-19(16-14-12-9-6-2)20(21-4)22-18-10-7-3/h7,10,18-19H,5-6,8-9,11-17H2,1-4H3/b10-7-,21-20?,22-18?. The molecule has 0 N–H and O–H groups in total. The molecule has 0 rings (SSSR count). The lowest BCUT2D eigenvalue weighted by atomic mass is 9.93. The minimum absolute atomic E-state index is 0.546. The molecule has 0 bridgehead atoms. The van der Waals surface area contributed by atoms with Crippen LogP contribution in [0.1, 0.15) is 91.4 Å². The van der Waals surface area contributed by atoms with Gasteiger partial charge < -0.3 is 0 Å². The SMILES string of the molecule is C/C=C\C=NC(=NC)C(CCCCCC)CCCCCCC. The van der Waals surface area contributed by atoms with Crippen LogP contribution in [-0.4, -0.2) is 19.1 Å². The molecule has 0 saturated carbocycles. The van der Waals surface area contributed by atoms with Gasteiger partial charge in [0.2, 0.25) is 0 Å². The molecular formula is C20H38N2. The second-order valence-electron chi connectivity index (χ2n) is 6.13. The molecule has 2 heteroatoms. The lowest BCUT2D eigenvalue weighted by molar-refractivity contribution is 0.488. The van der Waals surface area contributed by atoms with Crippen LogP contribution < -0.4 is 0 Å². The monoisotopic (exact) mass is 306 g/mol. The molecule has 0 radical (unpaired) electrons. The highest BCUT2D eigenvalue weighted by molar-refractivity contribution is 5.93. The summed E-state index contributed by atoms with van der Waals surface area (Å²) in [6.07, 6.45) is 20.4. The summed E-state index contributed by atoms with van der Waals surface area (Å²) >= 11 is 0. The van der Waals surface area contributed by atoms with Gasteiger partial charge in [0.05, 0.1) is 0 Å². The Morgan fingerprint density at radius 3 is 1.91 bits per heavy atom. The molecule has 1 atom stereocenters. The average molecular weight is 307 g/mol. The number of nitrogens with zero attached hydrogens (tertiary/aromatic N) is 2. The molecule has 0 saturated heterocycles. The summed E-state index contributed by atoms with van der Waals surface area (Å²) in [7, 11) is 1.89. The topological polar surface area (TPSA) is 24.7 Å². The quantitative estimate of drug-likeness (QED) is 0.208. The first-order valence-corrected chi connectivity index (χ1v) is 9.42. The number of aliphatic imine (C=N–C) groups is 2. The zero-order chi connectivity index (χ0) is 16.5. The van der Waals surface area contributed by atoms with Crippen LogP contribution in [0.25, 0.3) is 0 Å². The first-order chi connectivity index (χ1) is 10.8. The van der Waals surface area contributed by atoms with Gasteiger partial charge in [-0.05, 0) is 25.8 Å². The van der Waals surface area contributed by atoms with E-state index in [1.54, 1.807) is 0 Å². The summed E-state index contributed by atoms with van der Waals surface area (Å²) in [6, 6.07) is 0. The molecule has 128 valence electrons. The fourth-order valence-electron chi connectivity index (χ4n) is 2.77. The largest absolute Gasteiger partial charge is 0.274 e. The summed E-state index contributed by atoms with van der Waals surface area (Å²) in [5.74, 6) is 1.59. The Kier molecular flexibility index (Phi) is 15.8. The normalized spacial score (nSPS) is 14.3. The van der Waals surface area contributed by atoms with Crippen molar-refractivity contribution in [3.63, 3.8) is 0 Å². The number of amidine groups is 1. The van der Waals surface area contributed by atoms with E-state index in [4.69, 9.17) is 0 Å². The third-order valence-corrected chi connectivity index (χ3v) is 4.14. The van der Waals surface area contributed by atoms with Gasteiger partial charge in [-0.25, -0.2) is 4.99 Å². The van der Waals surface area contributed by atoms with Gasteiger partial charge in [0.15, 0.2) is 0 Å². The van der Waals surface area contributed by atoms with Crippen molar-refractivity contribution in [2.75, 3.05) is 7.05 Å². The molecular weight excluding hydrogens is 268 g/mol. The number of rotatable bonds is 13. The van der Waals surface area contributed by atoms with E-state index in [2.05, 4.69) is 23.8 Å². The second-order valence-corrected chi connectivity index (χ2v) is 6.13. The van der Waals surface area contributed by atoms with Crippen molar-refractivity contribution in [2.24, 2.45) is 15.9 Å². The Hall–Kier alpha value is -0.920. The Morgan fingerprint density at radius 2 is 1.41 bits per heavy atom. The van der Waals surface area contributed by atoms with Crippen molar-refractivity contribution >= 4 is 12.1 Å². The maximum absolute atomic E-state index is 4.58. The molecule has 0 amide bonds. The predicted molar refractivity (Wildman–Crippen MR) is 102 cm³/mol. The van der Waals surface area contributed by atoms with Crippen LogP contribution in [0.5, 0.6) is 0 Å². The molecule has 1 unspecified atom stereocenters. The zero-order valence-electron chi connectivity index (χ0n) is 15.5. The molecule has 0 spiro atoms. The molecule has 0 fully saturated rings. The number of hydrogen-bond acceptors (Lipinski definition) is 1. The van der Waals surface area contributed by atoms with Crippen LogP contribution in [0.15, 0.2) is 22.1 Å². The summed E-state index contributed by atoms with van der Waals surface area (Å²) in [4.78, 5) is 9.04. The van der Waals surface area contributed by atoms with E-state index in [9.17, 15) is 0 Å². The van der Waals surface area contributed by atoms with Crippen LogP contribution in [0, 0.1) is 5.92 Å². The summed E-state index contributed by atoms with van der Waals surface area (Å²) in [6.45, 7) is 6.56. The van der Waals surface area contributed by atoms with Crippen LogP contribution in [-0.2, 0) is 0 Å². The van der Waals surface area contributed by atoms with Gasteiger partial charge in [0.25, 0.3) is 0 Å². The van der Waals surface area contributed by atoms with E-state index in [0.29, 0.717) is 5.92 Å². The Bertz CT molecular complexity index is 316. The summed E-state index contributed by atoms with van der Waals surface area (Å²) in [5.41, 5.74) is 0. The third kappa shape index (κ3) is 11.7. The lowest BCUT2D eigenvalue weighted by Crippen LogP contribution is -2.13. The highest BCUT2D eigenvalue weighted by Gasteiger charge is 2.14. The number of hydrogen-bond donors (Lipinski definition) is 0. The molecule has 0 aliphatic rings. The number of allylic oxidation sites excluding steroid dienone is 2. The van der Waals surface area contributed by atoms with Crippen LogP contribution in [0.2, 0.25) is 0 Å². The lowest BCUT2D eigenvalue weighted by Gasteiger charge is -2.16. The van der Waals surface area contributed by atoms with Crippen molar-refractivity contribution in [3.05, 3.63) is 12.2 Å². The van der Waals surface area contributed by atoms with Crippen LogP contribution in [0.3, 0.4) is 0 Å². The van der Waals surface area contributed by atoms with Gasteiger partial charge in [0.1, 0.15) is 5.84 Å². The van der Waals surface area contributed by atoms with Crippen LogP contribution in [0.4, 0.5) is 0 Å². The molecule has 22 heavy (non-hydrogen) atoms. The van der Waals surface area contributed by atoms with E-state index < -0.39 is 0 Å². The smallest absolute Gasteiger partial charge is 0.126 e. The third-order valence-electron chi connectivity index (χ3n) is 4.14. The fraction of sp³-hybridized carbons (Fsp3) is 0.800. The Morgan fingerprint density at radius 1 is 0.864 bits per heavy atom. The van der Waals surface area contributed by atoms with E-state index in [1.807, 2.05) is 32.3 Å². The van der Waals surface area contributed by atoms with E-state index >= 15 is 0 Å². The molecule has 0 aromatic heterocycles. The van der Waals surface area contributed by atoms with Crippen molar-refractivity contribution in [3.8, 4) is 0 Å². The zero-order valence-corrected chi connectivity index (χ0v) is 15.5. The number of unbranched alkanes of at least 4 members (excludes halogenated alkanes) is 7. The van der Waals surface area contributed by atoms with Crippen molar-refractivity contribution in [2.45, 2.75) is 91.4 Å². The van der Waals surface area contributed by atoms with Crippen molar-refractivity contribution < 1.29 is 0 Å². The highest BCUT2D eigenvalue weighted by Crippen LogP contribution is 2.21. The van der Waals surface area contributed by atoms with E-state index in [0.717, 1.165) is 5.84 Å². The molecule has 0 aliphatic carbocycles. The Balaban J connectivity index is 4.40. The second kappa shape index (κ2) is 16.5. The molecule has 0 aromatic rings. The molecule has 2 nitrogen and oxygen atoms in total. The minimum Gasteiger partial charge on any atom is -0.274 e. The summed E-state index contributed by atoms with van der Waals surface area (Å²) < 4.78 is 0. The van der Waals surface area contributed by atoms with Gasteiger partial charge in [-0.1, -0.05) is 77.7 Å². The van der Waals surface area contributed by atoms with E-state index in [-0.39, 0.29) is 0 Å². The van der Waals surface area contributed by atoms with Crippen molar-refractivity contribution in [1.82, 2.24) is 0 Å². The average Bonchev–Trinajstić information content (AvgIpc) is 2.54. The van der Waals surface area contributed by atoms with Gasteiger partial charge >= 0.3 is 0 Å². The Labute approximate surface area is 139 Å². The molecule has 0 aromatic carbocycles. The first-order valence-electron chi connectivity index (χ1n) is 9.42. The van der Waals surface area contributed by atoms with Gasteiger partial charge in [-0.15, -0.1) is 0 Å². The maximum Gasteiger partial charge on any atom is 0.126 e. The maximum atomic E-state index is 4.58. The van der Waals surface area contributed by atoms with Crippen LogP contribution >= 0.6 is 0 Å². The van der Waals surface area contributed by atoms with Gasteiger partial charge in [0, 0.05) is 19.2 Å². The first kappa shape index (κ1) is 21.1. The van der Waals surface area contributed by atoms with Crippen molar-refractivity contribution in [1.29, 1.82) is 0 Å². The van der Waals surface area contributed by atoms with E-state index in [1.165, 1.54) is 70.6 Å². The fourth-order valence-corrected chi connectivity index (χ4v) is 2.77. The predicted octanol–water partition coefficient (Wildman–Crippen LogP) is 6.61. The van der Waals surface area contributed by atoms with Gasteiger partial charge in [-0.2, -0.15) is 0 Å². The van der Waals surface area contributed by atoms with Gasteiger partial charge in [-0.3, -0.25) is 4.99 Å². The highest BCUT2D eigenvalue weighted by atomic mass is 14.9.